The number of benzene rings is 2. The molecule has 3 aromatic rings. The van der Waals surface area contributed by atoms with Gasteiger partial charge in [0.05, 0.1) is 16.8 Å². The SMILES string of the molecule is O=C(c1cc(Cl)ccc1F)N1CCN(C(=O)c2cc(Cl)ccc2-n2cnnn2)CC1. The minimum atomic E-state index is -0.632. The number of carbonyl (C=O) groups excluding carboxylic acids is 2. The molecule has 0 unspecified atom stereocenters. The van der Waals surface area contributed by atoms with Crippen molar-refractivity contribution in [3.8, 4) is 5.69 Å². The lowest BCUT2D eigenvalue weighted by Crippen LogP contribution is -2.50. The molecule has 2 heterocycles. The van der Waals surface area contributed by atoms with Crippen molar-refractivity contribution in [3.63, 3.8) is 0 Å². The van der Waals surface area contributed by atoms with Gasteiger partial charge in [-0.3, -0.25) is 9.59 Å². The normalized spacial score (nSPS) is 14.1. The van der Waals surface area contributed by atoms with Gasteiger partial charge in [-0.05, 0) is 46.8 Å². The van der Waals surface area contributed by atoms with Gasteiger partial charge in [0.1, 0.15) is 12.1 Å². The van der Waals surface area contributed by atoms with Crippen LogP contribution in [-0.4, -0.2) is 68.0 Å². The first kappa shape index (κ1) is 20.2. The maximum atomic E-state index is 14.0. The van der Waals surface area contributed by atoms with E-state index in [-0.39, 0.29) is 42.7 Å². The van der Waals surface area contributed by atoms with Crippen molar-refractivity contribution in [1.29, 1.82) is 0 Å². The Morgan fingerprint density at radius 2 is 1.43 bits per heavy atom. The van der Waals surface area contributed by atoms with Crippen molar-refractivity contribution in [2.24, 2.45) is 0 Å². The zero-order valence-electron chi connectivity index (χ0n) is 15.5. The predicted octanol–water partition coefficient (Wildman–Crippen LogP) is 2.71. The van der Waals surface area contributed by atoms with Crippen molar-refractivity contribution >= 4 is 35.0 Å². The van der Waals surface area contributed by atoms with Crippen LogP contribution >= 0.6 is 23.2 Å². The molecule has 0 saturated carbocycles. The Balaban J connectivity index is 1.50. The summed E-state index contributed by atoms with van der Waals surface area (Å²) < 4.78 is 15.4. The van der Waals surface area contributed by atoms with Gasteiger partial charge >= 0.3 is 0 Å². The number of nitrogens with zero attached hydrogens (tertiary/aromatic N) is 6. The number of piperazine rings is 1. The topological polar surface area (TPSA) is 84.2 Å². The van der Waals surface area contributed by atoms with E-state index < -0.39 is 11.7 Å². The van der Waals surface area contributed by atoms with Gasteiger partial charge in [-0.15, -0.1) is 5.10 Å². The van der Waals surface area contributed by atoms with E-state index in [0.717, 1.165) is 6.07 Å². The maximum Gasteiger partial charge on any atom is 0.257 e. The van der Waals surface area contributed by atoms with Crippen LogP contribution in [0.3, 0.4) is 0 Å². The van der Waals surface area contributed by atoms with Gasteiger partial charge in [0, 0.05) is 36.2 Å². The fraction of sp³-hybridized carbons (Fsp3) is 0.211. The highest BCUT2D eigenvalue weighted by Gasteiger charge is 2.28. The third kappa shape index (κ3) is 3.99. The predicted molar refractivity (Wildman–Crippen MR) is 107 cm³/mol. The maximum absolute atomic E-state index is 14.0. The van der Waals surface area contributed by atoms with Gasteiger partial charge in [-0.1, -0.05) is 23.2 Å². The molecule has 1 saturated heterocycles. The van der Waals surface area contributed by atoms with E-state index in [1.807, 2.05) is 0 Å². The van der Waals surface area contributed by atoms with Crippen LogP contribution in [0.25, 0.3) is 5.69 Å². The number of rotatable bonds is 3. The van der Waals surface area contributed by atoms with E-state index in [2.05, 4.69) is 15.5 Å². The number of hydrogen-bond acceptors (Lipinski definition) is 5. The molecule has 0 spiro atoms. The van der Waals surface area contributed by atoms with E-state index in [1.165, 1.54) is 28.0 Å². The van der Waals surface area contributed by atoms with Crippen LogP contribution in [0.5, 0.6) is 0 Å². The average Bonchev–Trinajstić information content (AvgIpc) is 3.29. The van der Waals surface area contributed by atoms with E-state index in [1.54, 1.807) is 23.1 Å². The van der Waals surface area contributed by atoms with Gasteiger partial charge in [0.2, 0.25) is 0 Å². The molecule has 30 heavy (non-hydrogen) atoms. The van der Waals surface area contributed by atoms with Gasteiger partial charge in [0.15, 0.2) is 0 Å². The highest BCUT2D eigenvalue weighted by molar-refractivity contribution is 6.31. The number of hydrogen-bond donors (Lipinski definition) is 0. The summed E-state index contributed by atoms with van der Waals surface area (Å²) in [6, 6.07) is 8.71. The highest BCUT2D eigenvalue weighted by atomic mass is 35.5. The Morgan fingerprint density at radius 3 is 2.03 bits per heavy atom. The second-order valence-corrected chi connectivity index (χ2v) is 7.50. The Kier molecular flexibility index (Phi) is 5.65. The fourth-order valence-corrected chi connectivity index (χ4v) is 3.61. The number of tetrazole rings is 1. The third-order valence-corrected chi connectivity index (χ3v) is 5.27. The number of amides is 2. The smallest absolute Gasteiger partial charge is 0.257 e. The molecule has 8 nitrogen and oxygen atoms in total. The summed E-state index contributed by atoms with van der Waals surface area (Å²) in [4.78, 5) is 28.9. The van der Waals surface area contributed by atoms with Crippen LogP contribution in [0.2, 0.25) is 10.0 Å². The Bertz CT molecular complexity index is 1100. The molecule has 2 aromatic carbocycles. The summed E-state index contributed by atoms with van der Waals surface area (Å²) >= 11 is 12.0. The standard InChI is InChI=1S/C19H15Cl2FN6O2/c20-12-1-3-16(22)14(9-12)18(29)26-5-7-27(8-6-26)19(30)15-10-13(21)2-4-17(15)28-11-23-24-25-28/h1-4,9-11H,5-8H2. The molecule has 11 heteroatoms. The van der Waals surface area contributed by atoms with Crippen LogP contribution in [0, 0.1) is 5.82 Å². The molecule has 2 amide bonds. The summed E-state index contributed by atoms with van der Waals surface area (Å²) in [5.41, 5.74) is 0.752. The van der Waals surface area contributed by atoms with E-state index in [4.69, 9.17) is 23.2 Å². The first-order valence-corrected chi connectivity index (χ1v) is 9.76. The quantitative estimate of drug-likeness (QED) is 0.614. The lowest BCUT2D eigenvalue weighted by atomic mass is 10.1. The van der Waals surface area contributed by atoms with Crippen molar-refractivity contribution in [2.45, 2.75) is 0 Å². The molecule has 0 radical (unpaired) electrons. The Labute approximate surface area is 180 Å². The van der Waals surface area contributed by atoms with E-state index >= 15 is 0 Å². The van der Waals surface area contributed by atoms with E-state index in [9.17, 15) is 14.0 Å². The number of halogens is 3. The first-order chi connectivity index (χ1) is 14.4. The molecule has 1 aliphatic heterocycles. The van der Waals surface area contributed by atoms with Crippen LogP contribution in [-0.2, 0) is 0 Å². The molecule has 0 N–H and O–H groups in total. The van der Waals surface area contributed by atoms with Gasteiger partial charge in [-0.25, -0.2) is 4.39 Å². The first-order valence-electron chi connectivity index (χ1n) is 9.00. The van der Waals surface area contributed by atoms with Crippen LogP contribution in [0.4, 0.5) is 4.39 Å². The summed E-state index contributed by atoms with van der Waals surface area (Å²) in [7, 11) is 0. The summed E-state index contributed by atoms with van der Waals surface area (Å²) in [5, 5.41) is 11.7. The van der Waals surface area contributed by atoms with Crippen LogP contribution in [0.1, 0.15) is 20.7 Å². The largest absolute Gasteiger partial charge is 0.335 e. The second-order valence-electron chi connectivity index (χ2n) is 6.62. The number of aromatic nitrogens is 4. The molecule has 4 rings (SSSR count). The Morgan fingerprint density at radius 1 is 0.867 bits per heavy atom. The fourth-order valence-electron chi connectivity index (χ4n) is 3.27. The zero-order valence-corrected chi connectivity index (χ0v) is 17.0. The molecule has 1 aromatic heterocycles. The van der Waals surface area contributed by atoms with Crippen LogP contribution < -0.4 is 0 Å². The minimum Gasteiger partial charge on any atom is -0.335 e. The molecule has 0 atom stereocenters. The van der Waals surface area contributed by atoms with Crippen LogP contribution in [0.15, 0.2) is 42.7 Å². The Hall–Kier alpha value is -3.04. The van der Waals surface area contributed by atoms with Crippen molar-refractivity contribution < 1.29 is 14.0 Å². The van der Waals surface area contributed by atoms with Gasteiger partial charge in [-0.2, -0.15) is 4.68 Å². The molecular formula is C19H15Cl2FN6O2. The zero-order chi connectivity index (χ0) is 21.3. The summed E-state index contributed by atoms with van der Waals surface area (Å²) in [6.45, 7) is 1.09. The van der Waals surface area contributed by atoms with E-state index in [0.29, 0.717) is 16.3 Å². The lowest BCUT2D eigenvalue weighted by Gasteiger charge is -2.35. The van der Waals surface area contributed by atoms with Crippen molar-refractivity contribution in [1.82, 2.24) is 30.0 Å². The average molecular weight is 449 g/mol. The molecule has 0 aliphatic carbocycles. The molecule has 0 bridgehead atoms. The highest BCUT2D eigenvalue weighted by Crippen LogP contribution is 2.22. The van der Waals surface area contributed by atoms with Crippen molar-refractivity contribution in [3.05, 3.63) is 69.7 Å². The van der Waals surface area contributed by atoms with Crippen molar-refractivity contribution in [2.75, 3.05) is 26.2 Å². The van der Waals surface area contributed by atoms with Gasteiger partial charge in [0.25, 0.3) is 11.8 Å². The monoisotopic (exact) mass is 448 g/mol. The third-order valence-electron chi connectivity index (χ3n) is 4.80. The summed E-state index contributed by atoms with van der Waals surface area (Å²) in [6.07, 6.45) is 1.39. The molecule has 1 aliphatic rings. The lowest BCUT2D eigenvalue weighted by molar-refractivity contribution is 0.0532. The summed E-state index contributed by atoms with van der Waals surface area (Å²) in [5.74, 6) is -1.35. The molecular weight excluding hydrogens is 434 g/mol. The molecule has 1 fully saturated rings. The number of carbonyl (C=O) groups is 2. The minimum absolute atomic E-state index is 0.0851. The second kappa shape index (κ2) is 8.37. The van der Waals surface area contributed by atoms with Gasteiger partial charge < -0.3 is 9.80 Å². The molecule has 154 valence electrons.